The monoisotopic (exact) mass is 258 g/mol. The van der Waals surface area contributed by atoms with Crippen molar-refractivity contribution in [2.45, 2.75) is 12.5 Å². The molecule has 3 rings (SSSR count). The molecule has 1 aliphatic rings. The summed E-state index contributed by atoms with van der Waals surface area (Å²) in [6.07, 6.45) is 7.51. The number of nitrogens with two attached hydrogens (primary N) is 1. The first kappa shape index (κ1) is 11.9. The van der Waals surface area contributed by atoms with Crippen molar-refractivity contribution in [3.05, 3.63) is 30.9 Å². The van der Waals surface area contributed by atoms with Gasteiger partial charge in [0.05, 0.1) is 31.3 Å². The number of aromatic nitrogens is 3. The van der Waals surface area contributed by atoms with Crippen molar-refractivity contribution in [1.29, 1.82) is 0 Å². The number of nitrogens with zero attached hydrogens (tertiary/aromatic N) is 3. The Hall–Kier alpha value is -2.21. The van der Waals surface area contributed by atoms with Gasteiger partial charge in [-0.25, -0.2) is 9.97 Å². The number of nitrogen functional groups attached to an aromatic ring is 1. The molecule has 1 aliphatic heterocycles. The summed E-state index contributed by atoms with van der Waals surface area (Å²) in [6, 6.07) is 1.73. The van der Waals surface area contributed by atoms with Gasteiger partial charge in [-0.05, 0) is 6.07 Å². The van der Waals surface area contributed by atoms with E-state index in [-0.39, 0.29) is 6.10 Å². The lowest BCUT2D eigenvalue weighted by atomic mass is 10.2. The predicted octanol–water partition coefficient (Wildman–Crippen LogP) is 1.29. The van der Waals surface area contributed by atoms with Crippen molar-refractivity contribution in [2.24, 2.45) is 0 Å². The average Bonchev–Trinajstić information content (AvgIpc) is 2.93. The Morgan fingerprint density at radius 3 is 2.89 bits per heavy atom. The van der Waals surface area contributed by atoms with Crippen LogP contribution in [-0.2, 0) is 4.74 Å². The first-order valence-electron chi connectivity index (χ1n) is 6.09. The van der Waals surface area contributed by atoms with Crippen LogP contribution in [0.3, 0.4) is 0 Å². The molecule has 6 nitrogen and oxygen atoms in total. The Bertz CT molecular complexity index is 553. The van der Waals surface area contributed by atoms with Crippen molar-refractivity contribution in [3.63, 3.8) is 0 Å². The molecular formula is C13H14N4O2. The lowest BCUT2D eigenvalue weighted by Crippen LogP contribution is -2.16. The van der Waals surface area contributed by atoms with Gasteiger partial charge in [-0.3, -0.25) is 4.98 Å². The molecule has 0 spiro atoms. The number of hydrogen-bond donors (Lipinski definition) is 1. The lowest BCUT2D eigenvalue weighted by Gasteiger charge is -2.10. The highest BCUT2D eigenvalue weighted by molar-refractivity contribution is 5.71. The molecule has 19 heavy (non-hydrogen) atoms. The van der Waals surface area contributed by atoms with E-state index in [0.29, 0.717) is 23.9 Å². The largest absolute Gasteiger partial charge is 0.471 e. The molecule has 0 bridgehead atoms. The first-order chi connectivity index (χ1) is 9.33. The van der Waals surface area contributed by atoms with Crippen molar-refractivity contribution in [1.82, 2.24) is 15.0 Å². The van der Waals surface area contributed by atoms with E-state index in [9.17, 15) is 0 Å². The summed E-state index contributed by atoms with van der Waals surface area (Å²) in [4.78, 5) is 12.6. The van der Waals surface area contributed by atoms with E-state index in [1.54, 1.807) is 30.9 Å². The van der Waals surface area contributed by atoms with Crippen LogP contribution < -0.4 is 10.5 Å². The van der Waals surface area contributed by atoms with Crippen LogP contribution in [-0.4, -0.2) is 34.3 Å². The van der Waals surface area contributed by atoms with E-state index in [0.717, 1.165) is 18.6 Å². The summed E-state index contributed by atoms with van der Waals surface area (Å²) < 4.78 is 10.9. The number of anilines is 1. The quantitative estimate of drug-likeness (QED) is 0.893. The van der Waals surface area contributed by atoms with Gasteiger partial charge in [-0.1, -0.05) is 0 Å². The van der Waals surface area contributed by atoms with Crippen LogP contribution in [0.2, 0.25) is 0 Å². The van der Waals surface area contributed by atoms with Gasteiger partial charge >= 0.3 is 0 Å². The zero-order valence-corrected chi connectivity index (χ0v) is 10.3. The van der Waals surface area contributed by atoms with Gasteiger partial charge < -0.3 is 15.2 Å². The minimum absolute atomic E-state index is 0.0728. The molecule has 2 aromatic heterocycles. The Morgan fingerprint density at radius 2 is 2.21 bits per heavy atom. The van der Waals surface area contributed by atoms with Crippen LogP contribution in [0, 0.1) is 0 Å². The average molecular weight is 258 g/mol. The van der Waals surface area contributed by atoms with Crippen LogP contribution in [0.25, 0.3) is 11.3 Å². The molecule has 2 aromatic rings. The van der Waals surface area contributed by atoms with Gasteiger partial charge in [-0.15, -0.1) is 0 Å². The molecule has 98 valence electrons. The molecule has 0 aromatic carbocycles. The molecule has 1 saturated heterocycles. The number of rotatable bonds is 3. The van der Waals surface area contributed by atoms with Crippen LogP contribution in [0.4, 0.5) is 5.69 Å². The van der Waals surface area contributed by atoms with Gasteiger partial charge in [0, 0.05) is 30.1 Å². The Labute approximate surface area is 110 Å². The van der Waals surface area contributed by atoms with E-state index in [1.807, 2.05) is 0 Å². The summed E-state index contributed by atoms with van der Waals surface area (Å²) >= 11 is 0. The van der Waals surface area contributed by atoms with E-state index in [1.165, 1.54) is 0 Å². The molecule has 3 heterocycles. The first-order valence-corrected chi connectivity index (χ1v) is 6.09. The SMILES string of the molecule is Nc1ccncc1-c1cnc(OC2CCOC2)cn1. The van der Waals surface area contributed by atoms with Gasteiger partial charge in [0.2, 0.25) is 5.88 Å². The number of ether oxygens (including phenoxy) is 2. The highest BCUT2D eigenvalue weighted by atomic mass is 16.5. The molecule has 0 radical (unpaired) electrons. The molecule has 0 saturated carbocycles. The van der Waals surface area contributed by atoms with Crippen LogP contribution in [0.5, 0.6) is 5.88 Å². The van der Waals surface area contributed by atoms with Gasteiger partial charge in [0.25, 0.3) is 0 Å². The van der Waals surface area contributed by atoms with Gasteiger partial charge in [-0.2, -0.15) is 0 Å². The Balaban J connectivity index is 1.77. The molecule has 6 heteroatoms. The maximum Gasteiger partial charge on any atom is 0.232 e. The lowest BCUT2D eigenvalue weighted by molar-refractivity contribution is 0.137. The van der Waals surface area contributed by atoms with Crippen molar-refractivity contribution in [2.75, 3.05) is 18.9 Å². The molecule has 1 unspecified atom stereocenters. The highest BCUT2D eigenvalue weighted by Crippen LogP contribution is 2.23. The van der Waals surface area contributed by atoms with E-state index < -0.39 is 0 Å². The molecule has 2 N–H and O–H groups in total. The minimum Gasteiger partial charge on any atom is -0.471 e. The van der Waals surface area contributed by atoms with Gasteiger partial charge in [0.1, 0.15) is 6.10 Å². The second-order valence-corrected chi connectivity index (χ2v) is 4.31. The summed E-state index contributed by atoms with van der Waals surface area (Å²) in [5, 5.41) is 0. The van der Waals surface area contributed by atoms with Crippen molar-refractivity contribution >= 4 is 5.69 Å². The van der Waals surface area contributed by atoms with E-state index in [4.69, 9.17) is 15.2 Å². The topological polar surface area (TPSA) is 83.2 Å². The van der Waals surface area contributed by atoms with Crippen LogP contribution in [0.1, 0.15) is 6.42 Å². The standard InChI is InChI=1S/C13H14N4O2/c14-11-1-3-15-5-10(11)12-6-17-13(7-16-12)19-9-2-4-18-8-9/h1,3,5-7,9H,2,4,8H2,(H2,14,15). The van der Waals surface area contributed by atoms with Crippen molar-refractivity contribution in [3.8, 4) is 17.1 Å². The van der Waals surface area contributed by atoms with Crippen LogP contribution in [0.15, 0.2) is 30.9 Å². The third-order valence-corrected chi connectivity index (χ3v) is 2.93. The fourth-order valence-electron chi connectivity index (χ4n) is 1.91. The normalized spacial score (nSPS) is 18.4. The second kappa shape index (κ2) is 5.19. The fourth-order valence-corrected chi connectivity index (χ4v) is 1.91. The second-order valence-electron chi connectivity index (χ2n) is 4.31. The van der Waals surface area contributed by atoms with E-state index in [2.05, 4.69) is 15.0 Å². The summed E-state index contributed by atoms with van der Waals surface area (Å²) in [5.74, 6) is 0.502. The van der Waals surface area contributed by atoms with Crippen LogP contribution >= 0.6 is 0 Å². The third kappa shape index (κ3) is 2.63. The zero-order valence-electron chi connectivity index (χ0n) is 10.3. The maximum atomic E-state index is 5.87. The maximum absolute atomic E-state index is 5.87. The summed E-state index contributed by atoms with van der Waals surface area (Å²) in [5.41, 5.74) is 7.94. The summed E-state index contributed by atoms with van der Waals surface area (Å²) in [7, 11) is 0. The molecule has 1 atom stereocenters. The minimum atomic E-state index is 0.0728. The molecule has 1 fully saturated rings. The number of pyridine rings is 1. The molecular weight excluding hydrogens is 244 g/mol. The number of hydrogen-bond acceptors (Lipinski definition) is 6. The van der Waals surface area contributed by atoms with Gasteiger partial charge in [0.15, 0.2) is 0 Å². The van der Waals surface area contributed by atoms with Crippen molar-refractivity contribution < 1.29 is 9.47 Å². The van der Waals surface area contributed by atoms with E-state index >= 15 is 0 Å². The molecule has 0 amide bonds. The third-order valence-electron chi connectivity index (χ3n) is 2.93. The highest BCUT2D eigenvalue weighted by Gasteiger charge is 2.17. The molecule has 0 aliphatic carbocycles. The predicted molar refractivity (Wildman–Crippen MR) is 69.5 cm³/mol. The Morgan fingerprint density at radius 1 is 1.26 bits per heavy atom. The smallest absolute Gasteiger partial charge is 0.232 e. The zero-order chi connectivity index (χ0) is 13.1. The fraction of sp³-hybridized carbons (Fsp3) is 0.308. The summed E-state index contributed by atoms with van der Waals surface area (Å²) in [6.45, 7) is 1.35. The Kier molecular flexibility index (Phi) is 3.24.